The number of carbonyl (C=O) groups is 1. The number of hydrogen-bond acceptors (Lipinski definition) is 5. The quantitative estimate of drug-likeness (QED) is 0.405. The van der Waals surface area contributed by atoms with Crippen LogP contribution in [0.1, 0.15) is 55.0 Å². The summed E-state index contributed by atoms with van der Waals surface area (Å²) in [6.45, 7) is 3.80. The van der Waals surface area contributed by atoms with Gasteiger partial charge in [0.1, 0.15) is 5.82 Å². The van der Waals surface area contributed by atoms with Crippen molar-refractivity contribution in [3.63, 3.8) is 0 Å². The molecule has 0 unspecified atom stereocenters. The molecule has 1 fully saturated rings. The van der Waals surface area contributed by atoms with Crippen LogP contribution in [0.4, 0.5) is 0 Å². The van der Waals surface area contributed by atoms with Crippen molar-refractivity contribution in [2.45, 2.75) is 55.6 Å². The molecule has 0 bridgehead atoms. The van der Waals surface area contributed by atoms with Crippen LogP contribution >= 0.6 is 46.3 Å². The van der Waals surface area contributed by atoms with Gasteiger partial charge in [0.25, 0.3) is 0 Å². The van der Waals surface area contributed by atoms with Crippen LogP contribution < -0.4 is 5.32 Å². The average Bonchev–Trinajstić information content (AvgIpc) is 3.25. The maximum atomic E-state index is 12.8. The highest BCUT2D eigenvalue weighted by Gasteiger charge is 2.31. The SMILES string of the molecule is C[C@H](Sc1nnc(Cc2cccs2)n1C1CC1)C(=O)N[C@H](C)c1ccc(Cl)cc1Cl. The van der Waals surface area contributed by atoms with E-state index < -0.39 is 0 Å². The summed E-state index contributed by atoms with van der Waals surface area (Å²) >= 11 is 15.4. The summed E-state index contributed by atoms with van der Waals surface area (Å²) in [5, 5.41) is 15.6. The summed E-state index contributed by atoms with van der Waals surface area (Å²) in [5.41, 5.74) is 0.839. The van der Waals surface area contributed by atoms with Gasteiger partial charge in [-0.25, -0.2) is 0 Å². The lowest BCUT2D eigenvalue weighted by Gasteiger charge is -2.19. The number of benzene rings is 1. The Morgan fingerprint density at radius 1 is 1.30 bits per heavy atom. The molecular formula is C21H22Cl2N4OS2. The summed E-state index contributed by atoms with van der Waals surface area (Å²) in [6.07, 6.45) is 3.04. The van der Waals surface area contributed by atoms with Crippen molar-refractivity contribution in [3.05, 3.63) is 62.0 Å². The van der Waals surface area contributed by atoms with E-state index in [1.165, 1.54) is 16.6 Å². The molecule has 0 aliphatic heterocycles. The Balaban J connectivity index is 1.43. The standard InChI is InChI=1S/C21H22Cl2N4OS2/c1-12(17-8-5-14(22)10-18(17)23)24-20(28)13(2)30-21-26-25-19(27(21)15-6-7-15)11-16-4-3-9-29-16/h3-5,8-10,12-13,15H,6-7,11H2,1-2H3,(H,24,28)/t12-,13+/m1/s1. The third-order valence-electron chi connectivity index (χ3n) is 5.00. The van der Waals surface area contributed by atoms with Crippen molar-refractivity contribution in [3.8, 4) is 0 Å². The molecule has 1 aliphatic carbocycles. The number of thioether (sulfide) groups is 1. The van der Waals surface area contributed by atoms with Crippen LogP contribution in [0, 0.1) is 0 Å². The Bertz CT molecular complexity index is 1030. The van der Waals surface area contributed by atoms with Crippen molar-refractivity contribution in [2.24, 2.45) is 0 Å². The van der Waals surface area contributed by atoms with Crippen LogP contribution in [0.25, 0.3) is 0 Å². The fourth-order valence-electron chi connectivity index (χ4n) is 3.25. The lowest BCUT2D eigenvalue weighted by Crippen LogP contribution is -2.33. The molecule has 30 heavy (non-hydrogen) atoms. The van der Waals surface area contributed by atoms with Gasteiger partial charge in [-0.2, -0.15) is 0 Å². The fraction of sp³-hybridized carbons (Fsp3) is 0.381. The van der Waals surface area contributed by atoms with E-state index in [0.717, 1.165) is 35.8 Å². The molecule has 158 valence electrons. The van der Waals surface area contributed by atoms with Gasteiger partial charge in [0.2, 0.25) is 5.91 Å². The maximum Gasteiger partial charge on any atom is 0.233 e. The molecule has 3 aromatic rings. The first kappa shape index (κ1) is 21.7. The summed E-state index contributed by atoms with van der Waals surface area (Å²) < 4.78 is 2.22. The van der Waals surface area contributed by atoms with Gasteiger partial charge in [-0.1, -0.05) is 47.1 Å². The second kappa shape index (κ2) is 9.30. The third kappa shape index (κ3) is 5.02. The largest absolute Gasteiger partial charge is 0.349 e. The lowest BCUT2D eigenvalue weighted by atomic mass is 10.1. The van der Waals surface area contributed by atoms with Gasteiger partial charge in [0.05, 0.1) is 11.3 Å². The number of nitrogens with zero attached hydrogens (tertiary/aromatic N) is 3. The first-order chi connectivity index (χ1) is 14.4. The van der Waals surface area contributed by atoms with E-state index in [1.807, 2.05) is 26.0 Å². The highest BCUT2D eigenvalue weighted by Crippen LogP contribution is 2.40. The van der Waals surface area contributed by atoms with Crippen LogP contribution in [0.3, 0.4) is 0 Å². The monoisotopic (exact) mass is 480 g/mol. The molecule has 4 rings (SSSR count). The summed E-state index contributed by atoms with van der Waals surface area (Å²) in [6, 6.07) is 9.69. The number of hydrogen-bond donors (Lipinski definition) is 1. The smallest absolute Gasteiger partial charge is 0.233 e. The molecule has 1 N–H and O–H groups in total. The minimum absolute atomic E-state index is 0.0660. The van der Waals surface area contributed by atoms with Gasteiger partial charge in [-0.15, -0.1) is 21.5 Å². The lowest BCUT2D eigenvalue weighted by molar-refractivity contribution is -0.120. The highest BCUT2D eigenvalue weighted by molar-refractivity contribution is 8.00. The van der Waals surface area contributed by atoms with Crippen LogP contribution in [0.15, 0.2) is 40.9 Å². The maximum absolute atomic E-state index is 12.8. The van der Waals surface area contributed by atoms with Crippen LogP contribution in [-0.4, -0.2) is 25.9 Å². The van der Waals surface area contributed by atoms with Crippen molar-refractivity contribution < 1.29 is 4.79 Å². The van der Waals surface area contributed by atoms with Crippen LogP contribution in [-0.2, 0) is 11.2 Å². The Morgan fingerprint density at radius 3 is 2.77 bits per heavy atom. The van der Waals surface area contributed by atoms with Gasteiger partial charge in [0.15, 0.2) is 5.16 Å². The molecule has 2 aromatic heterocycles. The van der Waals surface area contributed by atoms with Crippen molar-refractivity contribution in [1.82, 2.24) is 20.1 Å². The zero-order valence-corrected chi connectivity index (χ0v) is 19.8. The van der Waals surface area contributed by atoms with Crippen LogP contribution in [0.5, 0.6) is 0 Å². The first-order valence-corrected chi connectivity index (χ1v) is 12.3. The normalized spacial score (nSPS) is 15.7. The predicted octanol–water partition coefficient (Wildman–Crippen LogP) is 5.93. The van der Waals surface area contributed by atoms with E-state index >= 15 is 0 Å². The summed E-state index contributed by atoms with van der Waals surface area (Å²) in [7, 11) is 0. The minimum Gasteiger partial charge on any atom is -0.349 e. The minimum atomic E-state index is -0.310. The molecule has 0 saturated heterocycles. The van der Waals surface area contributed by atoms with Gasteiger partial charge >= 0.3 is 0 Å². The van der Waals surface area contributed by atoms with Crippen molar-refractivity contribution in [2.75, 3.05) is 0 Å². The van der Waals surface area contributed by atoms with Crippen LogP contribution in [0.2, 0.25) is 10.0 Å². The molecule has 1 saturated carbocycles. The predicted molar refractivity (Wildman–Crippen MR) is 124 cm³/mol. The molecule has 1 amide bonds. The topological polar surface area (TPSA) is 59.8 Å². The van der Waals surface area contributed by atoms with E-state index in [2.05, 4.69) is 31.5 Å². The first-order valence-electron chi connectivity index (χ1n) is 9.80. The van der Waals surface area contributed by atoms with E-state index in [0.29, 0.717) is 16.1 Å². The fourth-order valence-corrected chi connectivity index (χ4v) is 5.47. The molecule has 0 spiro atoms. The molecule has 1 aromatic carbocycles. The molecule has 0 radical (unpaired) electrons. The molecule has 2 heterocycles. The number of aromatic nitrogens is 3. The number of rotatable bonds is 8. The molecule has 5 nitrogen and oxygen atoms in total. The number of nitrogens with one attached hydrogen (secondary N) is 1. The van der Waals surface area contributed by atoms with E-state index in [4.69, 9.17) is 23.2 Å². The number of carbonyl (C=O) groups excluding carboxylic acids is 1. The summed E-state index contributed by atoms with van der Waals surface area (Å²) in [4.78, 5) is 14.1. The average molecular weight is 481 g/mol. The second-order valence-electron chi connectivity index (χ2n) is 7.41. The second-order valence-corrected chi connectivity index (χ2v) is 10.6. The Kier molecular flexibility index (Phi) is 6.72. The third-order valence-corrected chi connectivity index (χ3v) is 7.49. The Labute approximate surface area is 194 Å². The Morgan fingerprint density at radius 2 is 2.10 bits per heavy atom. The van der Waals surface area contributed by atoms with E-state index in [9.17, 15) is 4.79 Å². The highest BCUT2D eigenvalue weighted by atomic mass is 35.5. The van der Waals surface area contributed by atoms with E-state index in [1.54, 1.807) is 23.5 Å². The Hall–Kier alpha value is -1.54. The van der Waals surface area contributed by atoms with Gasteiger partial charge in [0, 0.05) is 27.4 Å². The van der Waals surface area contributed by atoms with Gasteiger partial charge < -0.3 is 9.88 Å². The van der Waals surface area contributed by atoms with Gasteiger partial charge in [-0.05, 0) is 55.8 Å². The van der Waals surface area contributed by atoms with Gasteiger partial charge in [-0.3, -0.25) is 4.79 Å². The molecular weight excluding hydrogens is 459 g/mol. The molecule has 9 heteroatoms. The number of thiophene rings is 1. The zero-order valence-electron chi connectivity index (χ0n) is 16.6. The van der Waals surface area contributed by atoms with Crippen molar-refractivity contribution >= 4 is 52.2 Å². The number of halogens is 2. The zero-order chi connectivity index (χ0) is 21.3. The molecule has 1 aliphatic rings. The number of amides is 1. The summed E-state index contributed by atoms with van der Waals surface area (Å²) in [5.74, 6) is 0.903. The van der Waals surface area contributed by atoms with Crippen molar-refractivity contribution in [1.29, 1.82) is 0 Å². The van der Waals surface area contributed by atoms with E-state index in [-0.39, 0.29) is 17.2 Å². The molecule has 2 atom stereocenters.